The molecule has 0 bridgehead atoms. The highest BCUT2D eigenvalue weighted by Crippen LogP contribution is 2.41. The molecule has 5 aromatic rings. The molecule has 0 aliphatic carbocycles. The van der Waals surface area contributed by atoms with Crippen molar-refractivity contribution in [1.29, 1.82) is 0 Å². The molecule has 238 valence electrons. The number of hydrogen-bond acceptors (Lipinski definition) is 5. The van der Waals surface area contributed by atoms with Gasteiger partial charge in [-0.25, -0.2) is 17.9 Å². The maximum atomic E-state index is 14.4. The van der Waals surface area contributed by atoms with Gasteiger partial charge >= 0.3 is 6.03 Å². The molecule has 9 heteroatoms. The molecular formula is C37H41N5O3S. The number of hydrogen-bond donors (Lipinski definition) is 3. The minimum atomic E-state index is -3.74. The Morgan fingerprint density at radius 1 is 0.891 bits per heavy atom. The van der Waals surface area contributed by atoms with E-state index in [1.807, 2.05) is 85.8 Å². The first-order chi connectivity index (χ1) is 22.0. The van der Waals surface area contributed by atoms with Gasteiger partial charge in [0.25, 0.3) is 0 Å². The van der Waals surface area contributed by atoms with Crippen molar-refractivity contribution in [1.82, 2.24) is 15.1 Å². The van der Waals surface area contributed by atoms with Crippen molar-refractivity contribution in [2.45, 2.75) is 56.1 Å². The minimum absolute atomic E-state index is 0.0357. The Labute approximate surface area is 271 Å². The van der Waals surface area contributed by atoms with Gasteiger partial charge in [0.2, 0.25) is 0 Å². The van der Waals surface area contributed by atoms with E-state index in [9.17, 15) is 13.2 Å². The molecule has 1 unspecified atom stereocenters. The van der Waals surface area contributed by atoms with Crippen molar-refractivity contribution in [3.8, 4) is 5.69 Å². The van der Waals surface area contributed by atoms with Crippen LogP contribution in [0.15, 0.2) is 102 Å². The second-order valence-corrected chi connectivity index (χ2v) is 15.2. The fourth-order valence-corrected chi connectivity index (χ4v) is 8.52. The smallest absolute Gasteiger partial charge is 0.317 e. The number of nitrogens with zero attached hydrogens (tertiary/aromatic N) is 2. The number of carbonyl (C=O) groups excluding carboxylic acids is 1. The molecule has 1 fully saturated rings. The monoisotopic (exact) mass is 635 g/mol. The predicted molar refractivity (Wildman–Crippen MR) is 186 cm³/mol. The number of amides is 2. The van der Waals surface area contributed by atoms with Crippen LogP contribution in [0, 0.1) is 12.8 Å². The number of anilines is 2. The van der Waals surface area contributed by atoms with E-state index < -0.39 is 21.1 Å². The van der Waals surface area contributed by atoms with Crippen molar-refractivity contribution in [3.63, 3.8) is 0 Å². The standard InChI is InChI=1S/C37H41N5O3S/c1-25-12-18-30(19-13-25)42-34(24-33(41-42)37(2,3)4)40-36(43)39-29-16-14-27(15-17-29)35(28-20-22-38-23-21-28)46(44,45)32-11-7-9-26-8-5-6-10-31(26)32/h5-19,24,28,35,38H,20-23H2,1-4H3,(H2,39,40,43). The van der Waals surface area contributed by atoms with Crippen LogP contribution in [0.1, 0.15) is 55.7 Å². The van der Waals surface area contributed by atoms with E-state index >= 15 is 0 Å². The van der Waals surface area contributed by atoms with Crippen molar-refractivity contribution in [2.24, 2.45) is 5.92 Å². The fourth-order valence-electron chi connectivity index (χ4n) is 6.19. The van der Waals surface area contributed by atoms with E-state index in [1.54, 1.807) is 22.9 Å². The third kappa shape index (κ3) is 6.57. The summed E-state index contributed by atoms with van der Waals surface area (Å²) in [6.45, 7) is 9.83. The molecule has 1 aliphatic rings. The van der Waals surface area contributed by atoms with Crippen LogP contribution < -0.4 is 16.0 Å². The summed E-state index contributed by atoms with van der Waals surface area (Å²) >= 11 is 0. The van der Waals surface area contributed by atoms with Gasteiger partial charge in [0.05, 0.1) is 21.5 Å². The van der Waals surface area contributed by atoms with Crippen molar-refractivity contribution in [2.75, 3.05) is 23.7 Å². The Balaban J connectivity index is 1.26. The van der Waals surface area contributed by atoms with E-state index in [4.69, 9.17) is 5.10 Å². The maximum absolute atomic E-state index is 14.4. The number of benzene rings is 4. The number of rotatable bonds is 7. The van der Waals surface area contributed by atoms with Crippen molar-refractivity contribution in [3.05, 3.63) is 114 Å². The van der Waals surface area contributed by atoms with Gasteiger partial charge in [-0.3, -0.25) is 5.32 Å². The lowest BCUT2D eigenvalue weighted by Gasteiger charge is -2.31. The van der Waals surface area contributed by atoms with Gasteiger partial charge in [0, 0.05) is 22.6 Å². The second-order valence-electron chi connectivity index (χ2n) is 13.1. The lowest BCUT2D eigenvalue weighted by Crippen LogP contribution is -2.33. The number of carbonyl (C=O) groups is 1. The van der Waals surface area contributed by atoms with E-state index in [2.05, 4.69) is 36.7 Å². The SMILES string of the molecule is Cc1ccc(-n2nc(C(C)(C)C)cc2NC(=O)Nc2ccc(C(C3CCNCC3)S(=O)(=O)c3cccc4ccccc34)cc2)cc1. The van der Waals surface area contributed by atoms with E-state index in [0.717, 1.165) is 59.2 Å². The van der Waals surface area contributed by atoms with Crippen LogP contribution in [0.25, 0.3) is 16.5 Å². The van der Waals surface area contributed by atoms with Crippen LogP contribution >= 0.6 is 0 Å². The van der Waals surface area contributed by atoms with E-state index in [1.165, 1.54) is 0 Å². The summed E-state index contributed by atoms with van der Waals surface area (Å²) in [6.07, 6.45) is 1.53. The van der Waals surface area contributed by atoms with Crippen LogP contribution in [0.3, 0.4) is 0 Å². The van der Waals surface area contributed by atoms with Gasteiger partial charge in [-0.1, -0.05) is 87.0 Å². The quantitative estimate of drug-likeness (QED) is 0.169. The molecule has 4 aromatic carbocycles. The van der Waals surface area contributed by atoms with Crippen LogP contribution in [-0.4, -0.2) is 37.3 Å². The summed E-state index contributed by atoms with van der Waals surface area (Å²) in [6, 6.07) is 29.8. The molecule has 0 radical (unpaired) electrons. The summed E-state index contributed by atoms with van der Waals surface area (Å²) in [5.74, 6) is 0.515. The average molecular weight is 636 g/mol. The Morgan fingerprint density at radius 2 is 1.57 bits per heavy atom. The lowest BCUT2D eigenvalue weighted by molar-refractivity contribution is 0.262. The Bertz CT molecular complexity index is 1950. The Hall–Kier alpha value is -4.47. The number of aromatic nitrogens is 2. The first kappa shape index (κ1) is 31.5. The molecule has 1 saturated heterocycles. The number of piperidine rings is 1. The zero-order valence-electron chi connectivity index (χ0n) is 26.7. The van der Waals surface area contributed by atoms with E-state index in [-0.39, 0.29) is 11.3 Å². The van der Waals surface area contributed by atoms with Crippen LogP contribution in [0.4, 0.5) is 16.3 Å². The zero-order valence-corrected chi connectivity index (χ0v) is 27.6. The number of nitrogens with one attached hydrogen (secondary N) is 3. The molecule has 3 N–H and O–H groups in total. The molecular weight excluding hydrogens is 595 g/mol. The van der Waals surface area contributed by atoms with Gasteiger partial charge in [0.1, 0.15) is 5.82 Å². The van der Waals surface area contributed by atoms with Gasteiger partial charge in [0.15, 0.2) is 9.84 Å². The third-order valence-corrected chi connectivity index (χ3v) is 11.0. The first-order valence-corrected chi connectivity index (χ1v) is 17.3. The lowest BCUT2D eigenvalue weighted by atomic mass is 9.90. The fraction of sp³-hybridized carbons (Fsp3) is 0.297. The number of fused-ring (bicyclic) bond motifs is 1. The first-order valence-electron chi connectivity index (χ1n) is 15.8. The van der Waals surface area contributed by atoms with Crippen LogP contribution in [0.2, 0.25) is 0 Å². The van der Waals surface area contributed by atoms with Gasteiger partial charge in [-0.15, -0.1) is 0 Å². The number of sulfone groups is 1. The molecule has 1 aromatic heterocycles. The summed E-state index contributed by atoms with van der Waals surface area (Å²) < 4.78 is 30.6. The molecule has 46 heavy (non-hydrogen) atoms. The van der Waals surface area contributed by atoms with Gasteiger partial charge in [-0.05, 0) is 80.1 Å². The Morgan fingerprint density at radius 3 is 2.26 bits per heavy atom. The topological polar surface area (TPSA) is 105 Å². The number of urea groups is 1. The third-order valence-electron chi connectivity index (χ3n) is 8.70. The molecule has 2 amide bonds. The van der Waals surface area contributed by atoms with Gasteiger partial charge < -0.3 is 10.6 Å². The van der Waals surface area contributed by atoms with E-state index in [0.29, 0.717) is 16.4 Å². The second kappa shape index (κ2) is 12.7. The molecule has 8 nitrogen and oxygen atoms in total. The average Bonchev–Trinajstić information content (AvgIpc) is 3.47. The summed E-state index contributed by atoms with van der Waals surface area (Å²) in [7, 11) is -3.74. The van der Waals surface area contributed by atoms with Crippen LogP contribution in [-0.2, 0) is 15.3 Å². The summed E-state index contributed by atoms with van der Waals surface area (Å²) in [5.41, 5.74) is 3.90. The van der Waals surface area contributed by atoms with Crippen LogP contribution in [0.5, 0.6) is 0 Å². The predicted octanol–water partition coefficient (Wildman–Crippen LogP) is 7.79. The number of aryl methyl sites for hydroxylation is 1. The molecule has 2 heterocycles. The highest BCUT2D eigenvalue weighted by atomic mass is 32.2. The molecule has 1 aliphatic heterocycles. The zero-order chi connectivity index (χ0) is 32.5. The molecule has 0 spiro atoms. The van der Waals surface area contributed by atoms with Gasteiger partial charge in [-0.2, -0.15) is 5.10 Å². The largest absolute Gasteiger partial charge is 0.324 e. The highest BCUT2D eigenvalue weighted by molar-refractivity contribution is 7.92. The summed E-state index contributed by atoms with van der Waals surface area (Å²) in [4.78, 5) is 13.6. The highest BCUT2D eigenvalue weighted by Gasteiger charge is 2.37. The Kier molecular flexibility index (Phi) is 8.72. The summed E-state index contributed by atoms with van der Waals surface area (Å²) in [5, 5.41) is 15.0. The normalized spacial score (nSPS) is 15.0. The van der Waals surface area contributed by atoms with Crippen molar-refractivity contribution >= 4 is 38.1 Å². The maximum Gasteiger partial charge on any atom is 0.324 e. The minimum Gasteiger partial charge on any atom is -0.317 e. The molecule has 0 saturated carbocycles. The molecule has 1 atom stereocenters. The molecule has 6 rings (SSSR count). The van der Waals surface area contributed by atoms with Crippen molar-refractivity contribution < 1.29 is 13.2 Å².